The van der Waals surface area contributed by atoms with Crippen LogP contribution in [0.5, 0.6) is 5.75 Å². The van der Waals surface area contributed by atoms with Gasteiger partial charge >= 0.3 is 0 Å². The highest BCUT2D eigenvalue weighted by Gasteiger charge is 2.34. The zero-order valence-corrected chi connectivity index (χ0v) is 31.2. The second-order valence-electron chi connectivity index (χ2n) is 15.7. The first-order valence-corrected chi connectivity index (χ1v) is 20.1. The van der Waals surface area contributed by atoms with Crippen LogP contribution in [0, 0.1) is 17.8 Å². The Morgan fingerprint density at radius 2 is 1.11 bits per heavy atom. The van der Waals surface area contributed by atoms with E-state index < -0.39 is 0 Å². The number of rotatable bonds is 11. The fourth-order valence-electron chi connectivity index (χ4n) is 9.66. The molecule has 6 heteroatoms. The van der Waals surface area contributed by atoms with E-state index in [0.717, 1.165) is 74.5 Å². The molecule has 3 aromatic heterocycles. The number of para-hydroxylation sites is 4. The molecule has 0 aliphatic heterocycles. The first-order chi connectivity index (χ1) is 27.7. The SMILES string of the molecule is C1=CC2CC1CC2CCCCCOc1cccc(-c2nnc(-c3cc(-n4c5ccccc5c5ccccc54)cc(-n4c5ccccc5c5ccccc54)c3)o2)c1. The molecular formula is C50H42N4O2. The van der Waals surface area contributed by atoms with Gasteiger partial charge in [0, 0.05) is 44.0 Å². The molecule has 0 spiro atoms. The first-order valence-electron chi connectivity index (χ1n) is 20.1. The zero-order chi connectivity index (χ0) is 37.0. The van der Waals surface area contributed by atoms with Crippen LogP contribution in [-0.2, 0) is 0 Å². The van der Waals surface area contributed by atoms with Crippen LogP contribution in [0.15, 0.2) is 156 Å². The summed E-state index contributed by atoms with van der Waals surface area (Å²) in [4.78, 5) is 0. The van der Waals surface area contributed by atoms with Gasteiger partial charge in [-0.05, 0) is 104 Å². The number of allylic oxidation sites excluding steroid dienone is 2. The van der Waals surface area contributed by atoms with Crippen LogP contribution >= 0.6 is 0 Å². The fourth-order valence-corrected chi connectivity index (χ4v) is 9.66. The van der Waals surface area contributed by atoms with Gasteiger partial charge in [-0.25, -0.2) is 0 Å². The van der Waals surface area contributed by atoms with Crippen LogP contribution in [0.3, 0.4) is 0 Å². The predicted molar refractivity (Wildman–Crippen MR) is 227 cm³/mol. The minimum atomic E-state index is 0.460. The number of fused-ring (bicyclic) bond motifs is 8. The Labute approximate surface area is 325 Å². The van der Waals surface area contributed by atoms with Crippen molar-refractivity contribution in [2.24, 2.45) is 17.8 Å². The molecule has 2 bridgehead atoms. The second kappa shape index (κ2) is 13.7. The van der Waals surface area contributed by atoms with E-state index in [2.05, 4.69) is 147 Å². The van der Waals surface area contributed by atoms with E-state index in [1.165, 1.54) is 53.6 Å². The Morgan fingerprint density at radius 3 is 1.66 bits per heavy atom. The van der Waals surface area contributed by atoms with E-state index in [9.17, 15) is 0 Å². The zero-order valence-electron chi connectivity index (χ0n) is 31.2. The van der Waals surface area contributed by atoms with Gasteiger partial charge in [0.1, 0.15) is 5.75 Å². The van der Waals surface area contributed by atoms with E-state index in [1.54, 1.807) is 0 Å². The highest BCUT2D eigenvalue weighted by molar-refractivity contribution is 6.10. The van der Waals surface area contributed by atoms with Crippen molar-refractivity contribution in [3.63, 3.8) is 0 Å². The van der Waals surface area contributed by atoms with Crippen molar-refractivity contribution in [2.75, 3.05) is 6.61 Å². The van der Waals surface area contributed by atoms with Crippen molar-refractivity contribution < 1.29 is 9.15 Å². The summed E-state index contributed by atoms with van der Waals surface area (Å²) in [7, 11) is 0. The number of nitrogens with zero attached hydrogens (tertiary/aromatic N) is 4. The lowest BCUT2D eigenvalue weighted by molar-refractivity contribution is 0.299. The lowest BCUT2D eigenvalue weighted by atomic mass is 9.89. The van der Waals surface area contributed by atoms with Crippen molar-refractivity contribution in [1.82, 2.24) is 19.3 Å². The molecule has 1 fully saturated rings. The molecule has 6 nitrogen and oxygen atoms in total. The van der Waals surface area contributed by atoms with E-state index in [4.69, 9.17) is 9.15 Å². The summed E-state index contributed by atoms with van der Waals surface area (Å²) in [5.74, 6) is 4.35. The molecule has 56 heavy (non-hydrogen) atoms. The smallest absolute Gasteiger partial charge is 0.248 e. The molecule has 9 aromatic rings. The number of benzene rings is 6. The van der Waals surface area contributed by atoms with Gasteiger partial charge < -0.3 is 18.3 Å². The molecule has 0 saturated heterocycles. The van der Waals surface area contributed by atoms with Crippen LogP contribution in [0.2, 0.25) is 0 Å². The largest absolute Gasteiger partial charge is 0.494 e. The third kappa shape index (κ3) is 5.71. The third-order valence-electron chi connectivity index (χ3n) is 12.2. The maximum atomic E-state index is 6.53. The number of unbranched alkanes of at least 4 members (excludes halogenated alkanes) is 2. The average Bonchev–Trinajstić information content (AvgIpc) is 4.10. The van der Waals surface area contributed by atoms with E-state index in [-0.39, 0.29) is 0 Å². The van der Waals surface area contributed by atoms with Crippen molar-refractivity contribution in [1.29, 1.82) is 0 Å². The molecule has 3 heterocycles. The molecule has 2 aliphatic carbocycles. The quantitative estimate of drug-likeness (QED) is 0.0982. The van der Waals surface area contributed by atoms with Crippen LogP contribution in [0.4, 0.5) is 0 Å². The maximum Gasteiger partial charge on any atom is 0.248 e. The highest BCUT2D eigenvalue weighted by atomic mass is 16.5. The summed E-state index contributed by atoms with van der Waals surface area (Å²) in [6, 6.07) is 49.1. The van der Waals surface area contributed by atoms with Crippen molar-refractivity contribution in [3.05, 3.63) is 152 Å². The van der Waals surface area contributed by atoms with Gasteiger partial charge in [-0.15, -0.1) is 10.2 Å². The molecule has 3 atom stereocenters. The number of hydrogen-bond acceptors (Lipinski definition) is 4. The van der Waals surface area contributed by atoms with E-state index in [0.29, 0.717) is 18.4 Å². The Bertz CT molecular complexity index is 2690. The average molecular weight is 731 g/mol. The summed E-state index contributed by atoms with van der Waals surface area (Å²) in [5, 5.41) is 14.1. The van der Waals surface area contributed by atoms with Gasteiger partial charge in [-0.2, -0.15) is 0 Å². The summed E-state index contributed by atoms with van der Waals surface area (Å²) >= 11 is 0. The van der Waals surface area contributed by atoms with Gasteiger partial charge in [0.05, 0.1) is 28.7 Å². The van der Waals surface area contributed by atoms with Crippen molar-refractivity contribution in [3.8, 4) is 40.0 Å². The molecule has 0 N–H and O–H groups in total. The van der Waals surface area contributed by atoms with Crippen LogP contribution in [-0.4, -0.2) is 25.9 Å². The predicted octanol–water partition coefficient (Wildman–Crippen LogP) is 12.7. The summed E-state index contributed by atoms with van der Waals surface area (Å²) < 4.78 is 17.5. The first kappa shape index (κ1) is 33.0. The molecule has 6 aromatic carbocycles. The van der Waals surface area contributed by atoms with Gasteiger partial charge in [0.15, 0.2) is 0 Å². The third-order valence-corrected chi connectivity index (χ3v) is 12.2. The van der Waals surface area contributed by atoms with E-state index in [1.807, 2.05) is 24.3 Å². The van der Waals surface area contributed by atoms with Crippen molar-refractivity contribution in [2.45, 2.75) is 38.5 Å². The summed E-state index contributed by atoms with van der Waals surface area (Å²) in [5.41, 5.74) is 8.26. The molecule has 3 unspecified atom stereocenters. The number of aromatic nitrogens is 4. The summed E-state index contributed by atoms with van der Waals surface area (Å²) in [6.45, 7) is 0.705. The topological polar surface area (TPSA) is 58.0 Å². The van der Waals surface area contributed by atoms with Crippen LogP contribution < -0.4 is 4.74 Å². The van der Waals surface area contributed by atoms with Gasteiger partial charge in [-0.3, -0.25) is 0 Å². The Balaban J connectivity index is 0.936. The summed E-state index contributed by atoms with van der Waals surface area (Å²) in [6.07, 6.45) is 12.6. The Kier molecular flexibility index (Phi) is 8.08. The minimum absolute atomic E-state index is 0.460. The standard InChI is InChI=1S/C50H42N4O2/c1(2-13-34-27-33-24-25-35(34)28-33)11-26-55-40-15-12-14-36(31-40)49-51-52-50(56-49)37-29-38(53-45-20-7-3-16-41(45)42-17-4-8-21-46(42)53)32-39(30-37)54-47-22-9-5-18-43(47)44-19-6-10-23-48(44)54/h3-10,12,14-25,29-35H,1-2,11,13,26-28H2. The molecule has 0 amide bonds. The van der Waals surface area contributed by atoms with Gasteiger partial charge in [0.2, 0.25) is 11.8 Å². The molecule has 11 rings (SSSR count). The highest BCUT2D eigenvalue weighted by Crippen LogP contribution is 2.45. The van der Waals surface area contributed by atoms with Crippen LogP contribution in [0.1, 0.15) is 38.5 Å². The lowest BCUT2D eigenvalue weighted by Gasteiger charge is -2.17. The van der Waals surface area contributed by atoms with Crippen LogP contribution in [0.25, 0.3) is 77.9 Å². The molecule has 0 radical (unpaired) electrons. The minimum Gasteiger partial charge on any atom is -0.494 e. The fraction of sp³-hybridized carbons (Fsp3) is 0.200. The number of ether oxygens (including phenoxy) is 1. The molecular weight excluding hydrogens is 689 g/mol. The Morgan fingerprint density at radius 1 is 0.536 bits per heavy atom. The molecule has 2 aliphatic rings. The van der Waals surface area contributed by atoms with Gasteiger partial charge in [0.25, 0.3) is 0 Å². The van der Waals surface area contributed by atoms with Gasteiger partial charge in [-0.1, -0.05) is 104 Å². The normalized spacial score (nSPS) is 17.6. The molecule has 274 valence electrons. The number of hydrogen-bond donors (Lipinski definition) is 0. The van der Waals surface area contributed by atoms with Crippen molar-refractivity contribution >= 4 is 43.6 Å². The maximum absolute atomic E-state index is 6.53. The Hall–Kier alpha value is -6.40. The monoisotopic (exact) mass is 730 g/mol. The molecule has 1 saturated carbocycles. The lowest BCUT2D eigenvalue weighted by Crippen LogP contribution is -2.07. The second-order valence-corrected chi connectivity index (χ2v) is 15.7. The van der Waals surface area contributed by atoms with E-state index >= 15 is 0 Å².